The molecule has 3 rings (SSSR count). The lowest BCUT2D eigenvalue weighted by Gasteiger charge is -2.22. The monoisotopic (exact) mass is 289 g/mol. The summed E-state index contributed by atoms with van der Waals surface area (Å²) in [7, 11) is 0. The van der Waals surface area contributed by atoms with Crippen LogP contribution < -0.4 is 0 Å². The van der Waals surface area contributed by atoms with Crippen LogP contribution in [0, 0.1) is 5.92 Å². The van der Waals surface area contributed by atoms with Crippen LogP contribution in [-0.4, -0.2) is 11.4 Å². The van der Waals surface area contributed by atoms with E-state index in [9.17, 15) is 0 Å². The average Bonchev–Trinajstić information content (AvgIpc) is 2.74. The van der Waals surface area contributed by atoms with Gasteiger partial charge in [0.2, 0.25) is 0 Å². The third-order valence-electron chi connectivity index (χ3n) is 4.62. The molecule has 1 unspecified atom stereocenters. The number of allylic oxidation sites excluding steroid dienone is 6. The highest BCUT2D eigenvalue weighted by atomic mass is 15.2. The normalized spacial score (nSPS) is 20.9. The summed E-state index contributed by atoms with van der Waals surface area (Å²) in [6.07, 6.45) is 10.6. The predicted octanol–water partition coefficient (Wildman–Crippen LogP) is 5.01. The van der Waals surface area contributed by atoms with Gasteiger partial charge < -0.3 is 4.90 Å². The fourth-order valence-electron chi connectivity index (χ4n) is 3.19. The summed E-state index contributed by atoms with van der Waals surface area (Å²) in [6.45, 7) is 8.65. The van der Waals surface area contributed by atoms with E-state index in [1.165, 1.54) is 28.8 Å². The molecule has 2 aliphatic rings. The number of rotatable bonds is 4. The Morgan fingerprint density at radius 1 is 1.18 bits per heavy atom. The highest BCUT2D eigenvalue weighted by Gasteiger charge is 2.27. The molecule has 0 saturated carbocycles. The summed E-state index contributed by atoms with van der Waals surface area (Å²) in [6, 6.07) is 10.7. The van der Waals surface area contributed by atoms with Crippen molar-refractivity contribution in [3.8, 4) is 0 Å². The highest BCUT2D eigenvalue weighted by Crippen LogP contribution is 2.34. The van der Waals surface area contributed by atoms with Gasteiger partial charge in [0, 0.05) is 24.7 Å². The fraction of sp³-hybridized carbons (Fsp3) is 0.286. The van der Waals surface area contributed by atoms with E-state index in [2.05, 4.69) is 66.6 Å². The topological polar surface area (TPSA) is 3.24 Å². The first kappa shape index (κ1) is 14.7. The molecule has 0 spiro atoms. The predicted molar refractivity (Wildman–Crippen MR) is 93.2 cm³/mol. The SMILES string of the molecule is C=C1C(CC2=CC=C=CC=C2C)CCN1Cc1ccccc1. The second-order valence-electron chi connectivity index (χ2n) is 6.13. The van der Waals surface area contributed by atoms with Gasteiger partial charge in [0.05, 0.1) is 0 Å². The van der Waals surface area contributed by atoms with Crippen LogP contribution in [0.1, 0.15) is 25.3 Å². The summed E-state index contributed by atoms with van der Waals surface area (Å²) in [4.78, 5) is 2.43. The van der Waals surface area contributed by atoms with Crippen molar-refractivity contribution in [2.45, 2.75) is 26.3 Å². The molecule has 1 aromatic carbocycles. The van der Waals surface area contributed by atoms with Crippen molar-refractivity contribution in [2.24, 2.45) is 5.92 Å². The lowest BCUT2D eigenvalue weighted by Crippen LogP contribution is -2.17. The third kappa shape index (κ3) is 3.32. The van der Waals surface area contributed by atoms with E-state index in [0.717, 1.165) is 19.5 Å². The number of hydrogen-bond acceptors (Lipinski definition) is 1. The molecule has 1 heterocycles. The Bertz CT molecular complexity index is 669. The van der Waals surface area contributed by atoms with E-state index in [-0.39, 0.29) is 0 Å². The molecule has 1 saturated heterocycles. The van der Waals surface area contributed by atoms with E-state index in [4.69, 9.17) is 0 Å². The minimum atomic E-state index is 0.560. The van der Waals surface area contributed by atoms with Crippen molar-refractivity contribution < 1.29 is 0 Å². The van der Waals surface area contributed by atoms with E-state index in [1.807, 2.05) is 12.2 Å². The van der Waals surface area contributed by atoms with Crippen LogP contribution in [0.3, 0.4) is 0 Å². The summed E-state index contributed by atoms with van der Waals surface area (Å²) < 4.78 is 0. The maximum Gasteiger partial charge on any atom is 0.0426 e. The molecule has 1 atom stereocenters. The van der Waals surface area contributed by atoms with Crippen molar-refractivity contribution in [2.75, 3.05) is 6.54 Å². The molecule has 0 aromatic heterocycles. The second-order valence-corrected chi connectivity index (χ2v) is 6.13. The van der Waals surface area contributed by atoms with Crippen molar-refractivity contribution in [1.82, 2.24) is 4.90 Å². The van der Waals surface area contributed by atoms with Gasteiger partial charge >= 0.3 is 0 Å². The van der Waals surface area contributed by atoms with Gasteiger partial charge in [-0.1, -0.05) is 49.1 Å². The van der Waals surface area contributed by atoms with Crippen LogP contribution in [0.4, 0.5) is 0 Å². The average molecular weight is 289 g/mol. The van der Waals surface area contributed by atoms with E-state index >= 15 is 0 Å². The summed E-state index contributed by atoms with van der Waals surface area (Å²) in [5, 5.41) is 0. The highest BCUT2D eigenvalue weighted by molar-refractivity contribution is 5.38. The summed E-state index contributed by atoms with van der Waals surface area (Å²) >= 11 is 0. The first-order valence-corrected chi connectivity index (χ1v) is 8.00. The molecule has 0 N–H and O–H groups in total. The summed E-state index contributed by atoms with van der Waals surface area (Å²) in [5.74, 6) is 0.560. The first-order chi connectivity index (χ1) is 10.7. The number of nitrogens with zero attached hydrogens (tertiary/aromatic N) is 1. The Labute approximate surface area is 133 Å². The van der Waals surface area contributed by atoms with Crippen LogP contribution in [0.5, 0.6) is 0 Å². The Morgan fingerprint density at radius 3 is 2.77 bits per heavy atom. The van der Waals surface area contributed by atoms with Crippen LogP contribution in [0.25, 0.3) is 0 Å². The molecular weight excluding hydrogens is 266 g/mol. The lowest BCUT2D eigenvalue weighted by molar-refractivity contribution is 0.383. The zero-order valence-corrected chi connectivity index (χ0v) is 13.3. The van der Waals surface area contributed by atoms with E-state index in [0.29, 0.717) is 5.92 Å². The molecule has 22 heavy (non-hydrogen) atoms. The molecule has 1 aliphatic carbocycles. The van der Waals surface area contributed by atoms with Crippen molar-refractivity contribution >= 4 is 0 Å². The Balaban J connectivity index is 1.64. The number of benzene rings is 1. The van der Waals surface area contributed by atoms with Gasteiger partial charge in [0.25, 0.3) is 0 Å². The van der Waals surface area contributed by atoms with E-state index < -0.39 is 0 Å². The van der Waals surface area contributed by atoms with E-state index in [1.54, 1.807) is 0 Å². The molecule has 0 amide bonds. The van der Waals surface area contributed by atoms with Crippen molar-refractivity contribution in [3.05, 3.63) is 89.4 Å². The molecular formula is C21H23N. The molecule has 1 heteroatoms. The van der Waals surface area contributed by atoms with Gasteiger partial charge in [0.1, 0.15) is 0 Å². The fourth-order valence-corrected chi connectivity index (χ4v) is 3.19. The number of likely N-dealkylation sites (tertiary alicyclic amines) is 1. The van der Waals surface area contributed by atoms with Crippen LogP contribution >= 0.6 is 0 Å². The quantitative estimate of drug-likeness (QED) is 0.704. The Kier molecular flexibility index (Phi) is 4.46. The molecule has 112 valence electrons. The molecule has 1 aliphatic heterocycles. The van der Waals surface area contributed by atoms with Gasteiger partial charge in [-0.25, -0.2) is 0 Å². The lowest BCUT2D eigenvalue weighted by atomic mass is 9.92. The maximum absolute atomic E-state index is 4.37. The second kappa shape index (κ2) is 6.68. The molecule has 1 nitrogen and oxygen atoms in total. The van der Waals surface area contributed by atoms with Gasteiger partial charge in [-0.2, -0.15) is 0 Å². The molecule has 1 fully saturated rings. The first-order valence-electron chi connectivity index (χ1n) is 8.00. The number of hydrogen-bond donors (Lipinski definition) is 0. The Hall–Kier alpha value is -2.24. The van der Waals surface area contributed by atoms with Crippen molar-refractivity contribution in [3.63, 3.8) is 0 Å². The van der Waals surface area contributed by atoms with Gasteiger partial charge in [-0.05, 0) is 48.6 Å². The van der Waals surface area contributed by atoms with Crippen LogP contribution in [0.15, 0.2) is 83.8 Å². The summed E-state index contributed by atoms with van der Waals surface area (Å²) in [5.41, 5.74) is 8.56. The zero-order valence-electron chi connectivity index (χ0n) is 13.3. The van der Waals surface area contributed by atoms with Crippen LogP contribution in [-0.2, 0) is 6.54 Å². The van der Waals surface area contributed by atoms with Crippen molar-refractivity contribution in [1.29, 1.82) is 0 Å². The molecule has 1 aromatic rings. The minimum absolute atomic E-state index is 0.560. The minimum Gasteiger partial charge on any atom is -0.371 e. The molecule has 0 bridgehead atoms. The largest absolute Gasteiger partial charge is 0.371 e. The third-order valence-corrected chi connectivity index (χ3v) is 4.62. The zero-order chi connectivity index (χ0) is 15.4. The smallest absolute Gasteiger partial charge is 0.0426 e. The van der Waals surface area contributed by atoms with Gasteiger partial charge in [-0.3, -0.25) is 0 Å². The van der Waals surface area contributed by atoms with Gasteiger partial charge in [-0.15, -0.1) is 5.73 Å². The maximum atomic E-state index is 4.37. The molecule has 0 radical (unpaired) electrons. The van der Waals surface area contributed by atoms with Gasteiger partial charge in [0.15, 0.2) is 0 Å². The van der Waals surface area contributed by atoms with Crippen LogP contribution in [0.2, 0.25) is 0 Å². The standard InChI is InChI=1S/C21H23N/c1-17-9-5-3-8-12-20(17)15-21-13-14-22(18(21)2)16-19-10-6-4-7-11-19/h4-12,21H,2,13-16H2,1H3. The Morgan fingerprint density at radius 2 is 1.95 bits per heavy atom.